The van der Waals surface area contributed by atoms with Crippen LogP contribution in [0.5, 0.6) is 11.5 Å². The van der Waals surface area contributed by atoms with E-state index < -0.39 is 6.04 Å². The molecule has 5 heteroatoms. The molecule has 0 aliphatic carbocycles. The smallest absolute Gasteiger partial charge is 0.241 e. The zero-order chi connectivity index (χ0) is 15.4. The van der Waals surface area contributed by atoms with Gasteiger partial charge in [-0.05, 0) is 54.8 Å². The number of aryl methyl sites for hydroxylation is 1. The molecule has 0 saturated heterocycles. The molecule has 0 radical (unpaired) electrons. The summed E-state index contributed by atoms with van der Waals surface area (Å²) in [6, 6.07) is 10.6. The first-order valence-electron chi connectivity index (χ1n) is 6.59. The van der Waals surface area contributed by atoms with Crippen LogP contribution < -0.4 is 11.1 Å². The normalized spacial score (nSPS) is 11.9. The van der Waals surface area contributed by atoms with Gasteiger partial charge in [0.1, 0.15) is 11.5 Å². The van der Waals surface area contributed by atoms with Crippen molar-refractivity contribution in [1.29, 1.82) is 0 Å². The first kappa shape index (κ1) is 14.9. The Kier molecular flexibility index (Phi) is 4.45. The minimum atomic E-state index is -0.692. The maximum Gasteiger partial charge on any atom is 0.241 e. The third-order valence-corrected chi connectivity index (χ3v) is 3.20. The van der Waals surface area contributed by atoms with Crippen molar-refractivity contribution >= 4 is 11.6 Å². The molecule has 0 aromatic heterocycles. The van der Waals surface area contributed by atoms with Crippen LogP contribution in [-0.4, -0.2) is 22.2 Å². The molecule has 110 valence electrons. The van der Waals surface area contributed by atoms with Gasteiger partial charge in [-0.3, -0.25) is 4.79 Å². The zero-order valence-electron chi connectivity index (χ0n) is 11.7. The van der Waals surface area contributed by atoms with Crippen molar-refractivity contribution in [3.63, 3.8) is 0 Å². The number of nitrogens with two attached hydrogens (primary N) is 1. The summed E-state index contributed by atoms with van der Waals surface area (Å²) >= 11 is 0. The monoisotopic (exact) mass is 286 g/mol. The van der Waals surface area contributed by atoms with Gasteiger partial charge in [0.2, 0.25) is 5.91 Å². The van der Waals surface area contributed by atoms with Crippen molar-refractivity contribution in [2.24, 2.45) is 5.73 Å². The predicted octanol–water partition coefficient (Wildman–Crippen LogP) is 1.91. The van der Waals surface area contributed by atoms with Crippen molar-refractivity contribution in [3.05, 3.63) is 53.6 Å². The van der Waals surface area contributed by atoms with Gasteiger partial charge in [0.05, 0.1) is 6.04 Å². The standard InChI is InChI=1S/C16H18N2O3/c1-10-8-13(20)6-7-15(10)18-16(21)14(17)9-11-2-4-12(19)5-3-11/h2-8,14,19-20H,9,17H2,1H3,(H,18,21)/t14-/m0/s1. The number of benzene rings is 2. The van der Waals surface area contributed by atoms with Crippen LogP contribution in [0.1, 0.15) is 11.1 Å². The Hall–Kier alpha value is -2.53. The zero-order valence-corrected chi connectivity index (χ0v) is 11.7. The molecule has 5 nitrogen and oxygen atoms in total. The van der Waals surface area contributed by atoms with E-state index in [9.17, 15) is 15.0 Å². The van der Waals surface area contributed by atoms with E-state index in [4.69, 9.17) is 5.73 Å². The number of nitrogens with one attached hydrogen (secondary N) is 1. The van der Waals surface area contributed by atoms with Crippen LogP contribution in [0.4, 0.5) is 5.69 Å². The number of hydrogen-bond acceptors (Lipinski definition) is 4. The van der Waals surface area contributed by atoms with Crippen LogP contribution >= 0.6 is 0 Å². The molecule has 0 unspecified atom stereocenters. The molecule has 0 spiro atoms. The third-order valence-electron chi connectivity index (χ3n) is 3.20. The minimum Gasteiger partial charge on any atom is -0.508 e. The molecular formula is C16H18N2O3. The number of rotatable bonds is 4. The summed E-state index contributed by atoms with van der Waals surface area (Å²) in [5, 5.41) is 21.3. The van der Waals surface area contributed by atoms with Crippen LogP contribution in [0.3, 0.4) is 0 Å². The number of carbonyl (C=O) groups excluding carboxylic acids is 1. The van der Waals surface area contributed by atoms with Gasteiger partial charge >= 0.3 is 0 Å². The highest BCUT2D eigenvalue weighted by Crippen LogP contribution is 2.20. The Morgan fingerprint density at radius 3 is 2.38 bits per heavy atom. The van der Waals surface area contributed by atoms with E-state index in [1.165, 1.54) is 6.07 Å². The second-order valence-corrected chi connectivity index (χ2v) is 4.97. The molecule has 0 fully saturated rings. The topological polar surface area (TPSA) is 95.6 Å². The largest absolute Gasteiger partial charge is 0.508 e. The average molecular weight is 286 g/mol. The summed E-state index contributed by atoms with van der Waals surface area (Å²) in [4.78, 5) is 12.1. The predicted molar refractivity (Wildman–Crippen MR) is 81.3 cm³/mol. The number of hydrogen-bond donors (Lipinski definition) is 4. The van der Waals surface area contributed by atoms with Gasteiger partial charge in [-0.25, -0.2) is 0 Å². The Bertz CT molecular complexity index is 638. The first-order valence-corrected chi connectivity index (χ1v) is 6.59. The quantitative estimate of drug-likeness (QED) is 0.646. The van der Waals surface area contributed by atoms with E-state index in [2.05, 4.69) is 5.32 Å². The molecule has 0 saturated carbocycles. The second-order valence-electron chi connectivity index (χ2n) is 4.97. The highest BCUT2D eigenvalue weighted by atomic mass is 16.3. The SMILES string of the molecule is Cc1cc(O)ccc1NC(=O)[C@@H](N)Cc1ccc(O)cc1. The van der Waals surface area contributed by atoms with Crippen LogP contribution in [0.25, 0.3) is 0 Å². The Morgan fingerprint density at radius 2 is 1.76 bits per heavy atom. The summed E-state index contributed by atoms with van der Waals surface area (Å²) < 4.78 is 0. The highest BCUT2D eigenvalue weighted by Gasteiger charge is 2.15. The molecule has 2 rings (SSSR count). The van der Waals surface area contributed by atoms with Crippen LogP contribution in [0, 0.1) is 6.92 Å². The third kappa shape index (κ3) is 3.97. The molecule has 0 heterocycles. The van der Waals surface area contributed by atoms with E-state index in [-0.39, 0.29) is 17.4 Å². The lowest BCUT2D eigenvalue weighted by Crippen LogP contribution is -2.37. The molecule has 1 amide bonds. The number of phenols is 2. The minimum absolute atomic E-state index is 0.152. The Morgan fingerprint density at radius 1 is 1.14 bits per heavy atom. The summed E-state index contributed by atoms with van der Waals surface area (Å²) in [7, 11) is 0. The molecule has 2 aromatic carbocycles. The van der Waals surface area contributed by atoms with Gasteiger partial charge < -0.3 is 21.3 Å². The fourth-order valence-corrected chi connectivity index (χ4v) is 1.99. The van der Waals surface area contributed by atoms with Crippen molar-refractivity contribution in [3.8, 4) is 11.5 Å². The van der Waals surface area contributed by atoms with Crippen molar-refractivity contribution in [2.45, 2.75) is 19.4 Å². The average Bonchev–Trinajstić information content (AvgIpc) is 2.44. The first-order chi connectivity index (χ1) is 9.95. The van der Waals surface area contributed by atoms with Gasteiger partial charge in [-0.1, -0.05) is 12.1 Å². The van der Waals surface area contributed by atoms with Gasteiger partial charge in [0, 0.05) is 5.69 Å². The van der Waals surface area contributed by atoms with Gasteiger partial charge in [-0.2, -0.15) is 0 Å². The summed E-state index contributed by atoms with van der Waals surface area (Å²) in [6.07, 6.45) is 0.378. The fraction of sp³-hybridized carbons (Fsp3) is 0.188. The molecule has 21 heavy (non-hydrogen) atoms. The maximum atomic E-state index is 12.1. The Balaban J connectivity index is 2.00. The van der Waals surface area contributed by atoms with E-state index >= 15 is 0 Å². The molecule has 0 aliphatic heterocycles. The van der Waals surface area contributed by atoms with Crippen molar-refractivity contribution in [2.75, 3.05) is 5.32 Å². The molecule has 0 aliphatic rings. The second kappa shape index (κ2) is 6.28. The molecule has 1 atom stereocenters. The van der Waals surface area contributed by atoms with Crippen LogP contribution in [0.15, 0.2) is 42.5 Å². The number of carbonyl (C=O) groups is 1. The van der Waals surface area contributed by atoms with Gasteiger partial charge in [0.25, 0.3) is 0 Å². The van der Waals surface area contributed by atoms with E-state index in [1.807, 2.05) is 0 Å². The number of aromatic hydroxyl groups is 2. The highest BCUT2D eigenvalue weighted by molar-refractivity contribution is 5.95. The van der Waals surface area contributed by atoms with Gasteiger partial charge in [-0.15, -0.1) is 0 Å². The van der Waals surface area contributed by atoms with E-state index in [0.29, 0.717) is 12.1 Å². The van der Waals surface area contributed by atoms with Crippen LogP contribution in [0.2, 0.25) is 0 Å². The summed E-state index contributed by atoms with van der Waals surface area (Å²) in [5.74, 6) is 0.0345. The summed E-state index contributed by atoms with van der Waals surface area (Å²) in [6.45, 7) is 1.79. The lowest BCUT2D eigenvalue weighted by atomic mass is 10.1. The number of phenolic OH excluding ortho intramolecular Hbond substituents is 2. The molecule has 2 aromatic rings. The van der Waals surface area contributed by atoms with Crippen molar-refractivity contribution in [1.82, 2.24) is 0 Å². The fourth-order valence-electron chi connectivity index (χ4n) is 1.99. The number of amides is 1. The summed E-state index contributed by atoms with van der Waals surface area (Å²) in [5.41, 5.74) is 8.15. The molecule has 0 bridgehead atoms. The molecular weight excluding hydrogens is 268 g/mol. The van der Waals surface area contributed by atoms with Gasteiger partial charge in [0.15, 0.2) is 0 Å². The Labute approximate surface area is 123 Å². The van der Waals surface area contributed by atoms with Crippen molar-refractivity contribution < 1.29 is 15.0 Å². The lowest BCUT2D eigenvalue weighted by molar-refractivity contribution is -0.117. The number of anilines is 1. The van der Waals surface area contributed by atoms with Crippen LogP contribution in [-0.2, 0) is 11.2 Å². The lowest BCUT2D eigenvalue weighted by Gasteiger charge is -2.14. The molecule has 5 N–H and O–H groups in total. The van der Waals surface area contributed by atoms with E-state index in [1.54, 1.807) is 43.3 Å². The maximum absolute atomic E-state index is 12.1. The van der Waals surface area contributed by atoms with E-state index in [0.717, 1.165) is 11.1 Å².